The summed E-state index contributed by atoms with van der Waals surface area (Å²) in [4.78, 5) is 43.6. The number of carbonyl (C=O) groups excluding carboxylic acids is 1. The van der Waals surface area contributed by atoms with Gasteiger partial charge in [-0.2, -0.15) is 4.98 Å². The largest absolute Gasteiger partial charge is 0.354 e. The molecular weight excluding hydrogens is 484 g/mol. The number of ketones is 1. The Kier molecular flexibility index (Phi) is 7.16. The molecule has 2 aliphatic heterocycles. The lowest BCUT2D eigenvalue weighted by atomic mass is 10.1. The van der Waals surface area contributed by atoms with E-state index in [1.807, 2.05) is 26.0 Å². The summed E-state index contributed by atoms with van der Waals surface area (Å²) in [6.45, 7) is 12.0. The highest BCUT2D eigenvalue weighted by atomic mass is 16.1. The van der Waals surface area contributed by atoms with Gasteiger partial charge in [0.15, 0.2) is 17.4 Å². The van der Waals surface area contributed by atoms with Gasteiger partial charge in [0.25, 0.3) is 5.56 Å². The van der Waals surface area contributed by atoms with E-state index < -0.39 is 0 Å². The summed E-state index contributed by atoms with van der Waals surface area (Å²) in [6.07, 6.45) is 4.98. The first-order valence-corrected chi connectivity index (χ1v) is 12.7. The number of piperazine rings is 1. The van der Waals surface area contributed by atoms with Crippen LogP contribution in [0.1, 0.15) is 30.2 Å². The number of rotatable bonds is 7. The number of anilines is 5. The number of nitrogens with zero attached hydrogens (tertiary/aromatic N) is 9. The van der Waals surface area contributed by atoms with Gasteiger partial charge in [-0.25, -0.2) is 24.7 Å². The lowest BCUT2D eigenvalue weighted by Crippen LogP contribution is -2.48. The van der Waals surface area contributed by atoms with Crippen LogP contribution in [-0.2, 0) is 0 Å². The van der Waals surface area contributed by atoms with Crippen molar-refractivity contribution in [2.24, 2.45) is 0 Å². The predicted molar refractivity (Wildman–Crippen MR) is 146 cm³/mol. The number of hydrazine groups is 1. The molecule has 0 bridgehead atoms. The van der Waals surface area contributed by atoms with Crippen LogP contribution in [0.2, 0.25) is 0 Å². The molecule has 2 aliphatic rings. The van der Waals surface area contributed by atoms with Crippen LogP contribution in [0.25, 0.3) is 0 Å². The van der Waals surface area contributed by atoms with Crippen LogP contribution in [0.3, 0.4) is 0 Å². The van der Waals surface area contributed by atoms with Crippen LogP contribution >= 0.6 is 0 Å². The van der Waals surface area contributed by atoms with Crippen molar-refractivity contribution in [1.82, 2.24) is 34.6 Å². The summed E-state index contributed by atoms with van der Waals surface area (Å²) in [5.74, 6) is 1.98. The molecule has 198 valence electrons. The van der Waals surface area contributed by atoms with E-state index in [-0.39, 0.29) is 23.9 Å². The van der Waals surface area contributed by atoms with Crippen LogP contribution in [0, 0.1) is 0 Å². The second-order valence-electron chi connectivity index (χ2n) is 9.69. The molecule has 12 nitrogen and oxygen atoms in total. The molecule has 3 aromatic rings. The number of carbonyl (C=O) groups is 1. The molecule has 0 aromatic carbocycles. The van der Waals surface area contributed by atoms with Crippen LogP contribution in [0.4, 0.5) is 29.1 Å². The Morgan fingerprint density at radius 2 is 1.79 bits per heavy atom. The second kappa shape index (κ2) is 10.7. The summed E-state index contributed by atoms with van der Waals surface area (Å²) in [5.41, 5.74) is 0.902. The maximum Gasteiger partial charge on any atom is 0.267 e. The maximum absolute atomic E-state index is 13.0. The van der Waals surface area contributed by atoms with Crippen molar-refractivity contribution < 1.29 is 4.79 Å². The molecule has 12 heteroatoms. The first kappa shape index (κ1) is 25.5. The molecule has 38 heavy (non-hydrogen) atoms. The first-order chi connectivity index (χ1) is 18.3. The third-order valence-electron chi connectivity index (χ3n) is 6.57. The van der Waals surface area contributed by atoms with Crippen LogP contribution in [0.15, 0.2) is 54.1 Å². The van der Waals surface area contributed by atoms with Gasteiger partial charge in [-0.15, -0.1) is 11.7 Å². The molecule has 3 aromatic heterocycles. The van der Waals surface area contributed by atoms with Gasteiger partial charge in [0.2, 0.25) is 5.95 Å². The molecule has 5 rings (SSSR count). The van der Waals surface area contributed by atoms with Gasteiger partial charge in [0, 0.05) is 45.0 Å². The number of hydrogen-bond acceptors (Lipinski definition) is 11. The summed E-state index contributed by atoms with van der Waals surface area (Å²) in [5, 5.41) is 11.3. The van der Waals surface area contributed by atoms with E-state index in [2.05, 4.69) is 43.8 Å². The smallest absolute Gasteiger partial charge is 0.267 e. The lowest BCUT2D eigenvalue weighted by molar-refractivity contribution is 0.0919. The molecule has 0 amide bonds. The van der Waals surface area contributed by atoms with Crippen molar-refractivity contribution in [2.75, 3.05) is 61.5 Å². The van der Waals surface area contributed by atoms with Crippen LogP contribution < -0.4 is 20.8 Å². The van der Waals surface area contributed by atoms with Crippen LogP contribution in [0.5, 0.6) is 0 Å². The van der Waals surface area contributed by atoms with E-state index in [4.69, 9.17) is 4.98 Å². The highest BCUT2D eigenvalue weighted by Crippen LogP contribution is 2.32. The van der Waals surface area contributed by atoms with Crippen molar-refractivity contribution in [2.45, 2.75) is 19.9 Å². The molecule has 1 N–H and O–H groups in total. The van der Waals surface area contributed by atoms with E-state index in [0.29, 0.717) is 29.7 Å². The summed E-state index contributed by atoms with van der Waals surface area (Å²) in [6, 6.07) is 6.89. The number of likely N-dealkylation sites (N-methyl/N-ethyl adjacent to an activating group) is 1. The van der Waals surface area contributed by atoms with Gasteiger partial charge in [-0.05, 0) is 39.1 Å². The molecule has 0 atom stereocenters. The third-order valence-corrected chi connectivity index (χ3v) is 6.57. The Morgan fingerprint density at radius 3 is 2.47 bits per heavy atom. The van der Waals surface area contributed by atoms with Crippen molar-refractivity contribution in [3.05, 3.63) is 65.2 Å². The molecule has 0 spiro atoms. The molecule has 0 unspecified atom stereocenters. The van der Waals surface area contributed by atoms with Crippen molar-refractivity contribution in [3.63, 3.8) is 0 Å². The lowest BCUT2D eigenvalue weighted by Gasteiger charge is -2.38. The zero-order chi connectivity index (χ0) is 26.8. The molecule has 0 radical (unpaired) electrons. The summed E-state index contributed by atoms with van der Waals surface area (Å²) >= 11 is 0. The quantitative estimate of drug-likeness (QED) is 0.466. The first-order valence-electron chi connectivity index (χ1n) is 12.7. The molecular formula is C26H32N10O2. The molecule has 0 saturated carbocycles. The predicted octanol–water partition coefficient (Wildman–Crippen LogP) is 2.24. The zero-order valence-corrected chi connectivity index (χ0v) is 21.9. The van der Waals surface area contributed by atoms with Gasteiger partial charge in [0.1, 0.15) is 5.82 Å². The molecule has 0 aliphatic carbocycles. The van der Waals surface area contributed by atoms with Gasteiger partial charge < -0.3 is 15.1 Å². The Hall–Kier alpha value is -4.16. The number of Topliss-reactive ketones (excluding diaryl/α,β-unsaturated/α-hetero) is 1. The van der Waals surface area contributed by atoms with Crippen LogP contribution in [-0.4, -0.2) is 86.7 Å². The monoisotopic (exact) mass is 516 g/mol. The van der Waals surface area contributed by atoms with E-state index >= 15 is 0 Å². The molecule has 1 fully saturated rings. The minimum atomic E-state index is -0.204. The normalized spacial score (nSPS) is 16.6. The zero-order valence-electron chi connectivity index (χ0n) is 21.9. The number of nitrogens with one attached hydrogen (secondary N) is 1. The SMILES string of the molecule is C=CCN1CC(=O)c2cnc(Nc3ccc(N4CCN(C)CC4)nc3)nc2N1c1ccc(=O)n(C(C)C)n1. The fourth-order valence-electron chi connectivity index (χ4n) is 4.51. The minimum Gasteiger partial charge on any atom is -0.354 e. The number of fused-ring (bicyclic) bond motifs is 1. The molecule has 5 heterocycles. The van der Waals surface area contributed by atoms with Gasteiger partial charge in [-0.1, -0.05) is 6.08 Å². The second-order valence-corrected chi connectivity index (χ2v) is 9.69. The summed E-state index contributed by atoms with van der Waals surface area (Å²) in [7, 11) is 2.12. The fraction of sp³-hybridized carbons (Fsp3) is 0.385. The van der Waals surface area contributed by atoms with Crippen molar-refractivity contribution in [3.8, 4) is 0 Å². The van der Waals surface area contributed by atoms with Gasteiger partial charge in [0.05, 0.1) is 30.0 Å². The Morgan fingerprint density at radius 1 is 1.03 bits per heavy atom. The fourth-order valence-corrected chi connectivity index (χ4v) is 4.51. The average Bonchev–Trinajstić information content (AvgIpc) is 2.90. The summed E-state index contributed by atoms with van der Waals surface area (Å²) < 4.78 is 1.41. The van der Waals surface area contributed by atoms with Crippen molar-refractivity contribution in [1.29, 1.82) is 0 Å². The topological polar surface area (TPSA) is 116 Å². The number of aromatic nitrogens is 5. The Balaban J connectivity index is 1.46. The standard InChI is InChI=1S/C26H32N10O2/c1-5-10-34-17-21(37)20-16-28-26(29-19-6-7-22(27-15-19)33-13-11-32(4)12-14-33)30-25(20)36(34)23-8-9-24(38)35(31-23)18(2)3/h5-9,15-16,18H,1,10-14,17H2,2-4H3,(H,28,29,30). The van der Waals surface area contributed by atoms with Crippen molar-refractivity contribution >= 4 is 34.9 Å². The maximum atomic E-state index is 13.0. The van der Waals surface area contributed by atoms with E-state index in [1.165, 1.54) is 16.9 Å². The Bertz CT molecular complexity index is 1380. The van der Waals surface area contributed by atoms with Gasteiger partial charge >= 0.3 is 0 Å². The average molecular weight is 517 g/mol. The highest BCUT2D eigenvalue weighted by molar-refractivity contribution is 6.04. The highest BCUT2D eigenvalue weighted by Gasteiger charge is 2.33. The van der Waals surface area contributed by atoms with E-state index in [1.54, 1.807) is 28.4 Å². The van der Waals surface area contributed by atoms with Gasteiger partial charge in [-0.3, -0.25) is 9.59 Å². The molecule has 1 saturated heterocycles. The van der Waals surface area contributed by atoms with E-state index in [0.717, 1.165) is 37.7 Å². The Labute approximate surface area is 221 Å². The number of pyridine rings is 1. The third kappa shape index (κ3) is 5.13. The minimum absolute atomic E-state index is 0.106. The number of hydrogen-bond donors (Lipinski definition) is 1. The van der Waals surface area contributed by atoms with E-state index in [9.17, 15) is 9.59 Å².